The van der Waals surface area contributed by atoms with Crippen molar-refractivity contribution < 1.29 is 8.53 Å². The minimum absolute atomic E-state index is 0.179. The topological polar surface area (TPSA) is 13.1 Å². The smallest absolute Gasteiger partial charge is 0.139 e. The predicted octanol–water partition coefficient (Wildman–Crippen LogP) is 7.81. The van der Waals surface area contributed by atoms with Crippen LogP contribution in [0.4, 0.5) is 0 Å². The van der Waals surface area contributed by atoms with Gasteiger partial charge in [-0.2, -0.15) is 0 Å². The molecule has 0 spiro atoms. The molecule has 4 aromatic carbocycles. The summed E-state index contributed by atoms with van der Waals surface area (Å²) < 4.78 is 31.2. The molecule has 0 atom stereocenters. The monoisotopic (exact) mass is 355 g/mol. The van der Waals surface area contributed by atoms with Gasteiger partial charge in [0.25, 0.3) is 0 Å². The Morgan fingerprint density at radius 1 is 0.815 bits per heavy atom. The van der Waals surface area contributed by atoms with Gasteiger partial charge < -0.3 is 4.42 Å². The molecule has 1 nitrogen and oxygen atoms in total. The minimum Gasteiger partial charge on any atom is -0.456 e. The van der Waals surface area contributed by atoms with Crippen LogP contribution >= 0.6 is 0 Å². The van der Waals surface area contributed by atoms with Crippen molar-refractivity contribution >= 4 is 43.5 Å². The van der Waals surface area contributed by atoms with Gasteiger partial charge in [-0.3, -0.25) is 0 Å². The molecule has 0 fully saturated rings. The Morgan fingerprint density at radius 3 is 2.33 bits per heavy atom. The van der Waals surface area contributed by atoms with Gasteiger partial charge in [-0.25, -0.2) is 0 Å². The second-order valence-corrected chi connectivity index (χ2v) is 8.50. The average molecular weight is 355 g/mol. The molecule has 0 unspecified atom stereocenters. The number of hydrogen-bond acceptors (Lipinski definition) is 1. The zero-order valence-corrected chi connectivity index (χ0v) is 16.1. The molecule has 0 saturated carbocycles. The van der Waals surface area contributed by atoms with Crippen molar-refractivity contribution in [3.8, 4) is 0 Å². The summed E-state index contributed by atoms with van der Waals surface area (Å²) in [5, 5.41) is 6.00. The van der Waals surface area contributed by atoms with Crippen LogP contribution in [-0.2, 0) is 5.41 Å². The first-order valence-electron chi connectivity index (χ1n) is 10.9. The average Bonchev–Trinajstić information content (AvgIpc) is 3.03. The molecule has 1 heteroatoms. The van der Waals surface area contributed by atoms with Crippen LogP contribution in [0.25, 0.3) is 43.5 Å². The molecule has 1 aromatic heterocycles. The third-order valence-corrected chi connectivity index (χ3v) is 5.56. The second-order valence-electron chi connectivity index (χ2n) is 8.50. The molecule has 1 heterocycles. The van der Waals surface area contributed by atoms with Crippen molar-refractivity contribution in [2.24, 2.45) is 0 Å². The van der Waals surface area contributed by atoms with Crippen LogP contribution in [-0.4, -0.2) is 0 Å². The summed E-state index contributed by atoms with van der Waals surface area (Å²) in [5.74, 6) is 0. The molecule has 0 saturated heterocycles. The van der Waals surface area contributed by atoms with Gasteiger partial charge >= 0.3 is 0 Å². The number of furan rings is 1. The van der Waals surface area contributed by atoms with Crippen LogP contribution in [0.3, 0.4) is 0 Å². The lowest BCUT2D eigenvalue weighted by molar-refractivity contribution is 0.569. The molecule has 5 rings (SSSR count). The normalized spacial score (nSPS) is 14.7. The fourth-order valence-electron chi connectivity index (χ4n) is 4.59. The second kappa shape index (κ2) is 5.36. The number of fused-ring (bicyclic) bond motifs is 7. The van der Waals surface area contributed by atoms with Crippen molar-refractivity contribution in [2.45, 2.75) is 40.0 Å². The van der Waals surface area contributed by atoms with Crippen LogP contribution in [0.1, 0.15) is 41.6 Å². The molecule has 0 radical (unpaired) electrons. The molecular formula is C26H24O. The minimum atomic E-state index is -2.23. The quantitative estimate of drug-likeness (QED) is 0.258. The maximum Gasteiger partial charge on any atom is 0.139 e. The Labute approximate surface area is 163 Å². The molecule has 5 aromatic rings. The zero-order valence-electron chi connectivity index (χ0n) is 19.1. The molecule has 0 bridgehead atoms. The van der Waals surface area contributed by atoms with E-state index in [1.165, 1.54) is 0 Å². The van der Waals surface area contributed by atoms with Gasteiger partial charge in [-0.1, -0.05) is 69.3 Å². The van der Waals surface area contributed by atoms with E-state index in [4.69, 9.17) is 8.53 Å². The van der Waals surface area contributed by atoms with E-state index in [0.29, 0.717) is 11.1 Å². The Kier molecular flexibility index (Phi) is 2.65. The highest BCUT2D eigenvalue weighted by atomic mass is 16.3. The highest BCUT2D eigenvalue weighted by Crippen LogP contribution is 2.43. The largest absolute Gasteiger partial charge is 0.456 e. The summed E-state index contributed by atoms with van der Waals surface area (Å²) in [6.07, 6.45) is 0. The van der Waals surface area contributed by atoms with Gasteiger partial charge in [-0.15, -0.1) is 0 Å². The Bertz CT molecular complexity index is 1460. The SMILES string of the molecule is [2H]C([2H])([2H])c1cc(C)c(C(C)(C)C)c2oc3ccc4ccc5ccccc5c4c3c12. The molecule has 0 amide bonds. The van der Waals surface area contributed by atoms with Gasteiger partial charge in [0.15, 0.2) is 0 Å². The number of benzene rings is 4. The molecule has 0 aliphatic carbocycles. The van der Waals surface area contributed by atoms with Crippen LogP contribution in [0, 0.1) is 13.8 Å². The fraction of sp³-hybridized carbons (Fsp3) is 0.231. The lowest BCUT2D eigenvalue weighted by atomic mass is 9.81. The third kappa shape index (κ3) is 2.24. The number of aryl methyl sites for hydroxylation is 2. The first-order valence-corrected chi connectivity index (χ1v) is 9.38. The van der Waals surface area contributed by atoms with Gasteiger partial charge in [0.05, 0.1) is 0 Å². The van der Waals surface area contributed by atoms with Crippen molar-refractivity contribution in [1.29, 1.82) is 0 Å². The lowest BCUT2D eigenvalue weighted by Gasteiger charge is -2.22. The van der Waals surface area contributed by atoms with E-state index in [1.54, 1.807) is 0 Å². The van der Waals surface area contributed by atoms with E-state index >= 15 is 0 Å². The van der Waals surface area contributed by atoms with E-state index in [-0.39, 0.29) is 5.41 Å². The van der Waals surface area contributed by atoms with E-state index in [2.05, 4.69) is 51.1 Å². The lowest BCUT2D eigenvalue weighted by Crippen LogP contribution is -2.13. The summed E-state index contributed by atoms with van der Waals surface area (Å²) >= 11 is 0. The van der Waals surface area contributed by atoms with Gasteiger partial charge in [-0.05, 0) is 52.5 Å². The maximum absolute atomic E-state index is 8.25. The Morgan fingerprint density at radius 2 is 1.56 bits per heavy atom. The highest BCUT2D eigenvalue weighted by molar-refractivity contribution is 6.27. The van der Waals surface area contributed by atoms with E-state index in [1.807, 2.05) is 31.2 Å². The molecule has 0 aliphatic heterocycles. The van der Waals surface area contributed by atoms with Crippen molar-refractivity contribution in [3.63, 3.8) is 0 Å². The summed E-state index contributed by atoms with van der Waals surface area (Å²) in [7, 11) is 0. The van der Waals surface area contributed by atoms with Gasteiger partial charge in [0.1, 0.15) is 11.2 Å². The standard InChI is InChI=1S/C26H24O/c1-15-14-16(2)24(26(3,4)5)25-21(15)23-20(27-25)13-12-18-11-10-17-8-6-7-9-19(17)22(18)23/h6-14H,1-5H3/i1D3. The molecule has 0 aliphatic rings. The van der Waals surface area contributed by atoms with Crippen molar-refractivity contribution in [3.05, 3.63) is 71.3 Å². The predicted molar refractivity (Wildman–Crippen MR) is 117 cm³/mol. The summed E-state index contributed by atoms with van der Waals surface area (Å²) in [4.78, 5) is 0. The molecule has 0 N–H and O–H groups in total. The summed E-state index contributed by atoms with van der Waals surface area (Å²) in [6, 6.07) is 18.3. The summed E-state index contributed by atoms with van der Waals surface area (Å²) in [5.41, 5.74) is 3.63. The Balaban J connectivity index is 2.15. The molecular weight excluding hydrogens is 328 g/mol. The van der Waals surface area contributed by atoms with E-state index in [0.717, 1.165) is 49.0 Å². The van der Waals surface area contributed by atoms with Crippen LogP contribution < -0.4 is 0 Å². The van der Waals surface area contributed by atoms with E-state index in [9.17, 15) is 0 Å². The van der Waals surface area contributed by atoms with E-state index < -0.39 is 6.85 Å². The third-order valence-electron chi connectivity index (χ3n) is 5.56. The van der Waals surface area contributed by atoms with Crippen LogP contribution in [0.2, 0.25) is 0 Å². The fourth-order valence-corrected chi connectivity index (χ4v) is 4.59. The first-order chi connectivity index (χ1) is 14.1. The Hall–Kier alpha value is -2.80. The molecule has 134 valence electrons. The number of rotatable bonds is 0. The number of hydrogen-bond donors (Lipinski definition) is 0. The summed E-state index contributed by atoms with van der Waals surface area (Å²) in [6.45, 7) is 6.18. The zero-order chi connectivity index (χ0) is 21.4. The van der Waals surface area contributed by atoms with Crippen molar-refractivity contribution in [1.82, 2.24) is 0 Å². The highest BCUT2D eigenvalue weighted by Gasteiger charge is 2.25. The van der Waals surface area contributed by atoms with Crippen LogP contribution in [0.15, 0.2) is 59.0 Å². The van der Waals surface area contributed by atoms with Gasteiger partial charge in [0.2, 0.25) is 0 Å². The maximum atomic E-state index is 8.25. The molecule has 27 heavy (non-hydrogen) atoms. The first kappa shape index (κ1) is 13.4. The van der Waals surface area contributed by atoms with Crippen molar-refractivity contribution in [2.75, 3.05) is 0 Å². The van der Waals surface area contributed by atoms with Gasteiger partial charge in [0, 0.05) is 25.8 Å². The van der Waals surface area contributed by atoms with Crippen LogP contribution in [0.5, 0.6) is 0 Å².